The van der Waals surface area contributed by atoms with Crippen LogP contribution >= 0.6 is 0 Å². The van der Waals surface area contributed by atoms with E-state index < -0.39 is 46.0 Å². The van der Waals surface area contributed by atoms with Crippen molar-refractivity contribution in [3.05, 3.63) is 23.3 Å². The van der Waals surface area contributed by atoms with Crippen LogP contribution in [-0.4, -0.2) is 11.2 Å². The van der Waals surface area contributed by atoms with Crippen molar-refractivity contribution in [2.24, 2.45) is 0 Å². The highest BCUT2D eigenvalue weighted by Crippen LogP contribution is 2.37. The molecule has 0 aliphatic rings. The normalized spacial score (nSPS) is 12.5. The van der Waals surface area contributed by atoms with Gasteiger partial charge in [-0.05, 0) is 41.5 Å². The molecule has 1 aromatic rings. The van der Waals surface area contributed by atoms with Crippen LogP contribution in [-0.2, 0) is 0 Å². The third-order valence-corrected chi connectivity index (χ3v) is 2.00. The van der Waals surface area contributed by atoms with Crippen LogP contribution in [0.5, 0.6) is 11.5 Å². The van der Waals surface area contributed by atoms with Crippen molar-refractivity contribution in [3.8, 4) is 11.5 Å². The fourth-order valence-corrected chi connectivity index (χ4v) is 1.38. The summed E-state index contributed by atoms with van der Waals surface area (Å²) in [4.78, 5) is 0. The van der Waals surface area contributed by atoms with Crippen molar-refractivity contribution in [2.75, 3.05) is 0 Å². The second-order valence-electron chi connectivity index (χ2n) is 6.34. The first kappa shape index (κ1) is 16.6. The molecule has 1 rings (SSSR count). The number of halogens is 4. The van der Waals surface area contributed by atoms with Crippen LogP contribution in [0.25, 0.3) is 0 Å². The summed E-state index contributed by atoms with van der Waals surface area (Å²) in [5, 5.41) is 0. The number of hydrogen-bond donors (Lipinski definition) is 0. The van der Waals surface area contributed by atoms with Gasteiger partial charge in [0, 0.05) is 0 Å². The third-order valence-electron chi connectivity index (χ3n) is 2.00. The molecule has 0 atom stereocenters. The molecule has 0 aliphatic carbocycles. The predicted molar refractivity (Wildman–Crippen MR) is 67.0 cm³/mol. The van der Waals surface area contributed by atoms with Gasteiger partial charge in [0.25, 0.3) is 0 Å². The SMILES string of the molecule is CC(C)(C)Oc1c(F)c(F)c(OC(C)(C)C)c(F)c1F. The highest BCUT2D eigenvalue weighted by atomic mass is 19.2. The van der Waals surface area contributed by atoms with Crippen molar-refractivity contribution in [1.82, 2.24) is 0 Å². The van der Waals surface area contributed by atoms with Gasteiger partial charge < -0.3 is 9.47 Å². The van der Waals surface area contributed by atoms with Crippen molar-refractivity contribution in [3.63, 3.8) is 0 Å². The molecular weight excluding hydrogens is 276 g/mol. The molecule has 0 heterocycles. The first-order chi connectivity index (χ1) is 8.83. The van der Waals surface area contributed by atoms with Crippen LogP contribution in [0.2, 0.25) is 0 Å². The van der Waals surface area contributed by atoms with Gasteiger partial charge in [0.2, 0.25) is 23.3 Å². The molecule has 6 heteroatoms. The van der Waals surface area contributed by atoms with Gasteiger partial charge in [0.15, 0.2) is 11.5 Å². The molecule has 0 unspecified atom stereocenters. The van der Waals surface area contributed by atoms with Crippen LogP contribution < -0.4 is 9.47 Å². The zero-order chi connectivity index (χ0) is 15.9. The summed E-state index contributed by atoms with van der Waals surface area (Å²) >= 11 is 0. The molecule has 0 spiro atoms. The average Bonchev–Trinajstić information content (AvgIpc) is 2.25. The Morgan fingerprint density at radius 1 is 0.550 bits per heavy atom. The van der Waals surface area contributed by atoms with Gasteiger partial charge in [-0.1, -0.05) is 0 Å². The maximum Gasteiger partial charge on any atom is 0.207 e. The van der Waals surface area contributed by atoms with Gasteiger partial charge in [-0.25, -0.2) is 0 Å². The van der Waals surface area contributed by atoms with Crippen molar-refractivity contribution >= 4 is 0 Å². The van der Waals surface area contributed by atoms with E-state index in [1.165, 1.54) is 41.5 Å². The minimum Gasteiger partial charge on any atom is -0.482 e. The quantitative estimate of drug-likeness (QED) is 0.586. The molecule has 0 amide bonds. The maximum absolute atomic E-state index is 13.8. The van der Waals surface area contributed by atoms with E-state index in [2.05, 4.69) is 0 Å². The Labute approximate surface area is 115 Å². The summed E-state index contributed by atoms with van der Waals surface area (Å²) in [6.45, 7) is 9.01. The Hall–Kier alpha value is -1.46. The highest BCUT2D eigenvalue weighted by molar-refractivity contribution is 5.39. The summed E-state index contributed by atoms with van der Waals surface area (Å²) in [5.41, 5.74) is -2.01. The molecule has 0 fully saturated rings. The van der Waals surface area contributed by atoms with Crippen LogP contribution in [0.1, 0.15) is 41.5 Å². The minimum atomic E-state index is -1.61. The highest BCUT2D eigenvalue weighted by Gasteiger charge is 2.32. The Bertz CT molecular complexity index is 437. The standard InChI is InChI=1S/C14H18F4O2/c1-13(2,3)19-11-7(15)9(17)12(10(18)8(11)16)20-14(4,5)6/h1-6H3. The second kappa shape index (κ2) is 5.14. The smallest absolute Gasteiger partial charge is 0.207 e. The van der Waals surface area contributed by atoms with Gasteiger partial charge >= 0.3 is 0 Å². The lowest BCUT2D eigenvalue weighted by Gasteiger charge is -2.25. The van der Waals surface area contributed by atoms with Gasteiger partial charge in [0.1, 0.15) is 11.2 Å². The van der Waals surface area contributed by atoms with Crippen molar-refractivity contribution in [1.29, 1.82) is 0 Å². The monoisotopic (exact) mass is 294 g/mol. The lowest BCUT2D eigenvalue weighted by molar-refractivity contribution is 0.0995. The average molecular weight is 294 g/mol. The largest absolute Gasteiger partial charge is 0.482 e. The number of hydrogen-bond acceptors (Lipinski definition) is 2. The number of ether oxygens (including phenoxy) is 2. The van der Waals surface area contributed by atoms with Gasteiger partial charge in [-0.2, -0.15) is 17.6 Å². The molecule has 0 saturated heterocycles. The lowest BCUT2D eigenvalue weighted by Crippen LogP contribution is -2.27. The van der Waals surface area contributed by atoms with E-state index in [1.54, 1.807) is 0 Å². The van der Waals surface area contributed by atoms with E-state index in [0.717, 1.165) is 0 Å². The first-order valence-electron chi connectivity index (χ1n) is 6.07. The van der Waals surface area contributed by atoms with E-state index in [9.17, 15) is 17.6 Å². The van der Waals surface area contributed by atoms with E-state index in [4.69, 9.17) is 9.47 Å². The topological polar surface area (TPSA) is 18.5 Å². The zero-order valence-corrected chi connectivity index (χ0v) is 12.3. The molecule has 1 aromatic carbocycles. The second-order valence-corrected chi connectivity index (χ2v) is 6.34. The molecule has 0 aliphatic heterocycles. The van der Waals surface area contributed by atoms with Crippen molar-refractivity contribution in [2.45, 2.75) is 52.7 Å². The Kier molecular flexibility index (Phi) is 4.27. The molecule has 20 heavy (non-hydrogen) atoms. The van der Waals surface area contributed by atoms with Gasteiger partial charge in [-0.3, -0.25) is 0 Å². The zero-order valence-electron chi connectivity index (χ0n) is 12.3. The minimum absolute atomic E-state index is 1.01. The fourth-order valence-electron chi connectivity index (χ4n) is 1.38. The van der Waals surface area contributed by atoms with E-state index in [-0.39, 0.29) is 0 Å². The molecule has 0 bridgehead atoms. The Morgan fingerprint density at radius 3 is 0.900 bits per heavy atom. The first-order valence-corrected chi connectivity index (χ1v) is 6.07. The van der Waals surface area contributed by atoms with E-state index in [1.807, 2.05) is 0 Å². The van der Waals surface area contributed by atoms with Crippen LogP contribution in [0, 0.1) is 23.3 Å². The van der Waals surface area contributed by atoms with Gasteiger partial charge in [-0.15, -0.1) is 0 Å². The van der Waals surface area contributed by atoms with E-state index in [0.29, 0.717) is 0 Å². The Morgan fingerprint density at radius 2 is 0.750 bits per heavy atom. The van der Waals surface area contributed by atoms with Gasteiger partial charge in [0.05, 0.1) is 0 Å². The molecule has 0 saturated carbocycles. The molecular formula is C14H18F4O2. The summed E-state index contributed by atoms with van der Waals surface area (Å²) in [5.74, 6) is -8.63. The Balaban J connectivity index is 3.42. The molecule has 114 valence electrons. The molecule has 2 nitrogen and oxygen atoms in total. The summed E-state index contributed by atoms with van der Waals surface area (Å²) in [7, 11) is 0. The molecule has 0 N–H and O–H groups in total. The number of benzene rings is 1. The molecule has 0 aromatic heterocycles. The molecule has 0 radical (unpaired) electrons. The maximum atomic E-state index is 13.8. The lowest BCUT2D eigenvalue weighted by atomic mass is 10.1. The van der Waals surface area contributed by atoms with Crippen LogP contribution in [0.15, 0.2) is 0 Å². The number of rotatable bonds is 2. The predicted octanol–water partition coefficient (Wildman–Crippen LogP) is 4.60. The summed E-state index contributed by atoms with van der Waals surface area (Å²) < 4.78 is 65.1. The summed E-state index contributed by atoms with van der Waals surface area (Å²) in [6.07, 6.45) is 0. The fraction of sp³-hybridized carbons (Fsp3) is 0.571. The summed E-state index contributed by atoms with van der Waals surface area (Å²) in [6, 6.07) is 0. The van der Waals surface area contributed by atoms with Crippen molar-refractivity contribution < 1.29 is 27.0 Å². The van der Waals surface area contributed by atoms with Crippen LogP contribution in [0.3, 0.4) is 0 Å². The van der Waals surface area contributed by atoms with Crippen LogP contribution in [0.4, 0.5) is 17.6 Å². The third kappa shape index (κ3) is 3.77. The van der Waals surface area contributed by atoms with E-state index >= 15 is 0 Å².